The number of aromatic carboxylic acids is 1. The third kappa shape index (κ3) is 3.06. The summed E-state index contributed by atoms with van der Waals surface area (Å²) < 4.78 is 5.59. The standard InChI is InChI=1S/C13H20N2O3S/c1-4-5-10-11(12(16)17)19-13(14-10)15-6-9(3)18-7-8(15)2/h8-9H,4-7H2,1-3H3,(H,16,17). The van der Waals surface area contributed by atoms with Gasteiger partial charge in [-0.1, -0.05) is 24.7 Å². The zero-order chi connectivity index (χ0) is 14.0. The van der Waals surface area contributed by atoms with Crippen molar-refractivity contribution in [3.05, 3.63) is 10.6 Å². The third-order valence-corrected chi connectivity index (χ3v) is 4.34. The predicted molar refractivity (Wildman–Crippen MR) is 75.3 cm³/mol. The summed E-state index contributed by atoms with van der Waals surface area (Å²) in [7, 11) is 0. The Hall–Kier alpha value is -1.14. The zero-order valence-corrected chi connectivity index (χ0v) is 12.4. The second-order valence-electron chi connectivity index (χ2n) is 4.97. The highest BCUT2D eigenvalue weighted by Crippen LogP contribution is 2.30. The Morgan fingerprint density at radius 3 is 2.95 bits per heavy atom. The van der Waals surface area contributed by atoms with Crippen molar-refractivity contribution in [3.63, 3.8) is 0 Å². The van der Waals surface area contributed by atoms with Gasteiger partial charge in [-0.15, -0.1) is 0 Å². The number of aryl methyl sites for hydroxylation is 1. The molecule has 1 fully saturated rings. The van der Waals surface area contributed by atoms with Gasteiger partial charge in [0.05, 0.1) is 24.4 Å². The zero-order valence-electron chi connectivity index (χ0n) is 11.5. The van der Waals surface area contributed by atoms with Crippen LogP contribution in [0, 0.1) is 0 Å². The van der Waals surface area contributed by atoms with Crippen LogP contribution in [0.5, 0.6) is 0 Å². The number of nitrogens with zero attached hydrogens (tertiary/aromatic N) is 2. The summed E-state index contributed by atoms with van der Waals surface area (Å²) >= 11 is 1.28. The molecule has 1 aromatic rings. The minimum atomic E-state index is -0.874. The van der Waals surface area contributed by atoms with E-state index in [1.54, 1.807) is 0 Å². The fourth-order valence-corrected chi connectivity index (χ4v) is 3.27. The number of hydrogen-bond acceptors (Lipinski definition) is 5. The molecule has 2 unspecified atom stereocenters. The van der Waals surface area contributed by atoms with Gasteiger partial charge in [-0.2, -0.15) is 0 Å². The molecule has 106 valence electrons. The molecular formula is C13H20N2O3S. The molecule has 0 spiro atoms. The molecule has 1 aromatic heterocycles. The molecule has 0 saturated carbocycles. The topological polar surface area (TPSA) is 62.7 Å². The van der Waals surface area contributed by atoms with E-state index in [-0.39, 0.29) is 12.1 Å². The molecule has 1 aliphatic heterocycles. The minimum absolute atomic E-state index is 0.156. The van der Waals surface area contributed by atoms with Crippen LogP contribution in [0.25, 0.3) is 0 Å². The summed E-state index contributed by atoms with van der Waals surface area (Å²) in [6.45, 7) is 7.56. The second-order valence-corrected chi connectivity index (χ2v) is 5.95. The highest BCUT2D eigenvalue weighted by molar-refractivity contribution is 7.17. The molecule has 5 nitrogen and oxygen atoms in total. The van der Waals surface area contributed by atoms with Crippen LogP contribution in [-0.2, 0) is 11.2 Å². The number of aromatic nitrogens is 1. The largest absolute Gasteiger partial charge is 0.477 e. The molecule has 0 aromatic carbocycles. The summed E-state index contributed by atoms with van der Waals surface area (Å²) in [5, 5.41) is 10.1. The van der Waals surface area contributed by atoms with E-state index in [1.165, 1.54) is 11.3 Å². The molecule has 0 aliphatic carbocycles. The summed E-state index contributed by atoms with van der Waals surface area (Å²) in [6, 6.07) is 0.235. The number of morpholine rings is 1. The van der Waals surface area contributed by atoms with Gasteiger partial charge in [-0.3, -0.25) is 0 Å². The van der Waals surface area contributed by atoms with Crippen LogP contribution in [0.3, 0.4) is 0 Å². The summed E-state index contributed by atoms with van der Waals surface area (Å²) in [4.78, 5) is 18.3. The maximum Gasteiger partial charge on any atom is 0.347 e. The first-order valence-electron chi connectivity index (χ1n) is 6.64. The van der Waals surface area contributed by atoms with Gasteiger partial charge in [-0.05, 0) is 20.3 Å². The van der Waals surface area contributed by atoms with Crippen LogP contribution < -0.4 is 4.90 Å². The van der Waals surface area contributed by atoms with Crippen molar-refractivity contribution < 1.29 is 14.6 Å². The van der Waals surface area contributed by atoms with Crippen LogP contribution in [0.2, 0.25) is 0 Å². The Balaban J connectivity index is 2.28. The molecule has 2 heterocycles. The van der Waals surface area contributed by atoms with E-state index in [9.17, 15) is 9.90 Å². The van der Waals surface area contributed by atoms with E-state index in [1.807, 2.05) is 13.8 Å². The molecule has 19 heavy (non-hydrogen) atoms. The first kappa shape index (κ1) is 14.3. The highest BCUT2D eigenvalue weighted by atomic mass is 32.1. The van der Waals surface area contributed by atoms with Gasteiger partial charge in [0.25, 0.3) is 0 Å². The summed E-state index contributed by atoms with van der Waals surface area (Å²) in [5.41, 5.74) is 0.710. The molecule has 0 bridgehead atoms. The first-order valence-corrected chi connectivity index (χ1v) is 7.45. The molecule has 1 saturated heterocycles. The van der Waals surface area contributed by atoms with Gasteiger partial charge in [0.2, 0.25) is 0 Å². The molecule has 2 rings (SSSR count). The van der Waals surface area contributed by atoms with Gasteiger partial charge in [0.1, 0.15) is 4.88 Å². The number of anilines is 1. The summed E-state index contributed by atoms with van der Waals surface area (Å²) in [5.74, 6) is -0.874. The molecule has 0 radical (unpaired) electrons. The van der Waals surface area contributed by atoms with E-state index in [2.05, 4.69) is 16.8 Å². The highest BCUT2D eigenvalue weighted by Gasteiger charge is 2.28. The van der Waals surface area contributed by atoms with Crippen molar-refractivity contribution in [2.75, 3.05) is 18.1 Å². The van der Waals surface area contributed by atoms with Crippen LogP contribution >= 0.6 is 11.3 Å². The molecular weight excluding hydrogens is 264 g/mol. The number of carboxylic acid groups (broad SMARTS) is 1. The van der Waals surface area contributed by atoms with Gasteiger partial charge in [-0.25, -0.2) is 9.78 Å². The third-order valence-electron chi connectivity index (χ3n) is 3.22. The average Bonchev–Trinajstić information content (AvgIpc) is 2.77. The van der Waals surface area contributed by atoms with Crippen molar-refractivity contribution in [2.24, 2.45) is 0 Å². The van der Waals surface area contributed by atoms with E-state index < -0.39 is 5.97 Å². The van der Waals surface area contributed by atoms with Crippen LogP contribution in [0.4, 0.5) is 5.13 Å². The molecule has 6 heteroatoms. The molecule has 2 atom stereocenters. The molecule has 0 amide bonds. The lowest BCUT2D eigenvalue weighted by Crippen LogP contribution is -2.47. The SMILES string of the molecule is CCCc1nc(N2CC(C)OCC2C)sc1C(=O)O. The van der Waals surface area contributed by atoms with Crippen LogP contribution in [-0.4, -0.2) is 41.4 Å². The Bertz CT molecular complexity index is 461. The van der Waals surface area contributed by atoms with Crippen LogP contribution in [0.1, 0.15) is 42.6 Å². The van der Waals surface area contributed by atoms with Crippen molar-refractivity contribution in [1.29, 1.82) is 0 Å². The number of carbonyl (C=O) groups is 1. The van der Waals surface area contributed by atoms with E-state index in [4.69, 9.17) is 4.74 Å². The van der Waals surface area contributed by atoms with Gasteiger partial charge in [0.15, 0.2) is 5.13 Å². The predicted octanol–water partition coefficient (Wildman–Crippen LogP) is 2.41. The van der Waals surface area contributed by atoms with E-state index in [0.717, 1.165) is 18.1 Å². The molecule has 1 aliphatic rings. The quantitative estimate of drug-likeness (QED) is 0.920. The Morgan fingerprint density at radius 2 is 2.32 bits per heavy atom. The van der Waals surface area contributed by atoms with E-state index >= 15 is 0 Å². The van der Waals surface area contributed by atoms with Crippen molar-refractivity contribution in [1.82, 2.24) is 4.98 Å². The number of rotatable bonds is 4. The lowest BCUT2D eigenvalue weighted by molar-refractivity contribution is 0.0343. The van der Waals surface area contributed by atoms with Gasteiger partial charge < -0.3 is 14.7 Å². The van der Waals surface area contributed by atoms with E-state index in [0.29, 0.717) is 23.6 Å². The molecule has 1 N–H and O–H groups in total. The lowest BCUT2D eigenvalue weighted by Gasteiger charge is -2.36. The average molecular weight is 284 g/mol. The van der Waals surface area contributed by atoms with Crippen molar-refractivity contribution in [2.45, 2.75) is 45.8 Å². The number of thiazole rings is 1. The normalized spacial score (nSPS) is 23.6. The summed E-state index contributed by atoms with van der Waals surface area (Å²) in [6.07, 6.45) is 1.77. The maximum atomic E-state index is 11.3. The Kier molecular flexibility index (Phi) is 4.42. The Morgan fingerprint density at radius 1 is 1.58 bits per heavy atom. The monoisotopic (exact) mass is 284 g/mol. The maximum absolute atomic E-state index is 11.3. The smallest absolute Gasteiger partial charge is 0.347 e. The lowest BCUT2D eigenvalue weighted by atomic mass is 10.2. The minimum Gasteiger partial charge on any atom is -0.477 e. The van der Waals surface area contributed by atoms with Crippen molar-refractivity contribution in [3.8, 4) is 0 Å². The first-order chi connectivity index (χ1) is 9.02. The van der Waals surface area contributed by atoms with Crippen molar-refractivity contribution >= 4 is 22.4 Å². The fourth-order valence-electron chi connectivity index (χ4n) is 2.21. The second kappa shape index (κ2) is 5.88. The van der Waals surface area contributed by atoms with Gasteiger partial charge in [0, 0.05) is 6.54 Å². The number of hydrogen-bond donors (Lipinski definition) is 1. The van der Waals surface area contributed by atoms with Crippen LogP contribution in [0.15, 0.2) is 0 Å². The number of carboxylic acids is 1. The fraction of sp³-hybridized carbons (Fsp3) is 0.692. The van der Waals surface area contributed by atoms with Gasteiger partial charge >= 0.3 is 5.97 Å². The number of ether oxygens (including phenoxy) is 1. The Labute approximate surface area is 117 Å².